The normalized spacial score (nSPS) is 10.5. The van der Waals surface area contributed by atoms with Gasteiger partial charge >= 0.3 is 0 Å². The summed E-state index contributed by atoms with van der Waals surface area (Å²) in [6.45, 7) is 3.12. The van der Waals surface area contributed by atoms with E-state index < -0.39 is 0 Å². The molecule has 0 bridgehead atoms. The number of benzene rings is 2. The summed E-state index contributed by atoms with van der Waals surface area (Å²) in [7, 11) is 0. The summed E-state index contributed by atoms with van der Waals surface area (Å²) >= 11 is 6.06. The van der Waals surface area contributed by atoms with Gasteiger partial charge in [0.05, 0.1) is 11.4 Å². The van der Waals surface area contributed by atoms with E-state index in [2.05, 4.69) is 0 Å². The second-order valence-corrected chi connectivity index (χ2v) is 4.68. The van der Waals surface area contributed by atoms with Crippen molar-refractivity contribution >= 4 is 23.0 Å². The Hall–Kier alpha value is -1.74. The zero-order valence-corrected chi connectivity index (χ0v) is 11.5. The summed E-state index contributed by atoms with van der Waals surface area (Å²) in [4.78, 5) is 2.00. The predicted octanol–water partition coefficient (Wildman–Crippen LogP) is 4.09. The van der Waals surface area contributed by atoms with E-state index in [4.69, 9.17) is 17.3 Å². The average molecular weight is 279 g/mol. The zero-order chi connectivity index (χ0) is 13.8. The second-order valence-electron chi connectivity index (χ2n) is 4.27. The topological polar surface area (TPSA) is 29.3 Å². The standard InChI is InChI=1S/C15H16ClFN2/c1-2-19(15-9-4-3-8-14(15)18)10-11-12(16)6-5-7-13(11)17/h3-9H,2,10,18H2,1H3. The smallest absolute Gasteiger partial charge is 0.129 e. The molecule has 0 aliphatic heterocycles. The second kappa shape index (κ2) is 5.93. The Morgan fingerprint density at radius 2 is 1.89 bits per heavy atom. The molecule has 0 amide bonds. The van der Waals surface area contributed by atoms with Crippen LogP contribution in [0.4, 0.5) is 15.8 Å². The minimum absolute atomic E-state index is 0.291. The summed E-state index contributed by atoms with van der Waals surface area (Å²) in [5.41, 5.74) is 8.02. The van der Waals surface area contributed by atoms with Crippen LogP contribution >= 0.6 is 11.6 Å². The van der Waals surface area contributed by atoms with E-state index in [1.807, 2.05) is 36.1 Å². The Balaban J connectivity index is 2.32. The third-order valence-electron chi connectivity index (χ3n) is 3.07. The SMILES string of the molecule is CCN(Cc1c(F)cccc1Cl)c1ccccc1N. The number of nitrogens with zero attached hydrogens (tertiary/aromatic N) is 1. The molecule has 2 rings (SSSR count). The molecular formula is C15H16ClFN2. The van der Waals surface area contributed by atoms with Crippen LogP contribution in [-0.2, 0) is 6.54 Å². The largest absolute Gasteiger partial charge is 0.397 e. The molecule has 0 aromatic heterocycles. The monoisotopic (exact) mass is 278 g/mol. The third-order valence-corrected chi connectivity index (χ3v) is 3.42. The summed E-state index contributed by atoms with van der Waals surface area (Å²) < 4.78 is 13.8. The fraction of sp³-hybridized carbons (Fsp3) is 0.200. The van der Waals surface area contributed by atoms with E-state index in [1.165, 1.54) is 6.07 Å². The summed E-state index contributed by atoms with van der Waals surface area (Å²) in [5, 5.41) is 0.438. The molecule has 100 valence electrons. The van der Waals surface area contributed by atoms with Gasteiger partial charge in [-0.25, -0.2) is 4.39 Å². The highest BCUT2D eigenvalue weighted by atomic mass is 35.5. The van der Waals surface area contributed by atoms with Gasteiger partial charge in [0.1, 0.15) is 5.82 Å². The molecule has 0 radical (unpaired) electrons. The number of nitrogens with two attached hydrogens (primary N) is 1. The Morgan fingerprint density at radius 1 is 1.16 bits per heavy atom. The number of halogens is 2. The molecule has 0 saturated heterocycles. The molecule has 0 aliphatic carbocycles. The molecule has 2 N–H and O–H groups in total. The number of hydrogen-bond acceptors (Lipinski definition) is 2. The van der Waals surface area contributed by atoms with E-state index >= 15 is 0 Å². The third kappa shape index (κ3) is 2.99. The molecule has 19 heavy (non-hydrogen) atoms. The Morgan fingerprint density at radius 3 is 2.53 bits per heavy atom. The van der Waals surface area contributed by atoms with E-state index in [1.54, 1.807) is 12.1 Å². The predicted molar refractivity (Wildman–Crippen MR) is 79.0 cm³/mol. The molecule has 0 atom stereocenters. The van der Waals surface area contributed by atoms with Gasteiger partial charge in [-0.05, 0) is 31.2 Å². The van der Waals surface area contributed by atoms with Crippen molar-refractivity contribution in [2.75, 3.05) is 17.2 Å². The first-order chi connectivity index (χ1) is 9.13. The molecule has 0 heterocycles. The summed E-state index contributed by atoms with van der Waals surface area (Å²) in [6, 6.07) is 12.3. The van der Waals surface area contributed by atoms with Crippen LogP contribution in [0.3, 0.4) is 0 Å². The minimum Gasteiger partial charge on any atom is -0.397 e. The number of nitrogen functional groups attached to an aromatic ring is 1. The van der Waals surface area contributed by atoms with Crippen LogP contribution < -0.4 is 10.6 Å². The molecule has 4 heteroatoms. The van der Waals surface area contributed by atoms with Crippen LogP contribution in [0.15, 0.2) is 42.5 Å². The lowest BCUT2D eigenvalue weighted by molar-refractivity contribution is 0.605. The molecule has 2 aromatic rings. The van der Waals surface area contributed by atoms with Crippen molar-refractivity contribution in [3.8, 4) is 0 Å². The van der Waals surface area contributed by atoms with Gasteiger partial charge in [-0.15, -0.1) is 0 Å². The van der Waals surface area contributed by atoms with Crippen molar-refractivity contribution in [1.82, 2.24) is 0 Å². The summed E-state index contributed by atoms with van der Waals surface area (Å²) in [5.74, 6) is -0.291. The molecule has 0 spiro atoms. The Labute approximate surface area is 117 Å². The van der Waals surface area contributed by atoms with Gasteiger partial charge in [-0.3, -0.25) is 0 Å². The average Bonchev–Trinajstić information content (AvgIpc) is 2.40. The highest BCUT2D eigenvalue weighted by molar-refractivity contribution is 6.31. The number of hydrogen-bond donors (Lipinski definition) is 1. The first-order valence-electron chi connectivity index (χ1n) is 6.15. The van der Waals surface area contributed by atoms with Crippen molar-refractivity contribution in [3.63, 3.8) is 0 Å². The molecule has 0 unspecified atom stereocenters. The maximum Gasteiger partial charge on any atom is 0.129 e. The Kier molecular flexibility index (Phi) is 4.27. The lowest BCUT2D eigenvalue weighted by Crippen LogP contribution is -2.23. The molecule has 2 nitrogen and oxygen atoms in total. The Bertz CT molecular complexity index is 552. The van der Waals surface area contributed by atoms with Crippen LogP contribution in [0.5, 0.6) is 0 Å². The lowest BCUT2D eigenvalue weighted by atomic mass is 10.1. The zero-order valence-electron chi connectivity index (χ0n) is 10.7. The minimum atomic E-state index is -0.291. The molecule has 0 aliphatic rings. The maximum atomic E-state index is 13.8. The molecule has 0 fully saturated rings. The van der Waals surface area contributed by atoms with Crippen molar-refractivity contribution < 1.29 is 4.39 Å². The van der Waals surface area contributed by atoms with Gasteiger partial charge < -0.3 is 10.6 Å². The van der Waals surface area contributed by atoms with Crippen molar-refractivity contribution in [2.24, 2.45) is 0 Å². The highest BCUT2D eigenvalue weighted by Gasteiger charge is 2.13. The van der Waals surface area contributed by atoms with E-state index in [-0.39, 0.29) is 5.82 Å². The molecule has 2 aromatic carbocycles. The van der Waals surface area contributed by atoms with Gasteiger partial charge in [0.25, 0.3) is 0 Å². The number of anilines is 2. The van der Waals surface area contributed by atoms with Crippen molar-refractivity contribution in [3.05, 3.63) is 58.9 Å². The first kappa shape index (κ1) is 13.7. The molecule has 0 saturated carbocycles. The van der Waals surface area contributed by atoms with Gasteiger partial charge in [0.2, 0.25) is 0 Å². The van der Waals surface area contributed by atoms with Gasteiger partial charge in [-0.1, -0.05) is 29.8 Å². The molecular weight excluding hydrogens is 263 g/mol. The van der Waals surface area contributed by atoms with Gasteiger partial charge in [0.15, 0.2) is 0 Å². The van der Waals surface area contributed by atoms with Gasteiger partial charge in [-0.2, -0.15) is 0 Å². The first-order valence-corrected chi connectivity index (χ1v) is 6.53. The van der Waals surface area contributed by atoms with Gasteiger partial charge in [0, 0.05) is 23.7 Å². The number of para-hydroxylation sites is 2. The fourth-order valence-electron chi connectivity index (χ4n) is 2.02. The van der Waals surface area contributed by atoms with Crippen LogP contribution in [0, 0.1) is 5.82 Å². The maximum absolute atomic E-state index is 13.8. The van der Waals surface area contributed by atoms with E-state index in [9.17, 15) is 4.39 Å². The van der Waals surface area contributed by atoms with Crippen LogP contribution in [-0.4, -0.2) is 6.54 Å². The quantitative estimate of drug-likeness (QED) is 0.854. The van der Waals surface area contributed by atoms with Crippen LogP contribution in [0.2, 0.25) is 5.02 Å². The van der Waals surface area contributed by atoms with E-state index in [0.29, 0.717) is 22.8 Å². The highest BCUT2D eigenvalue weighted by Crippen LogP contribution is 2.27. The number of rotatable bonds is 4. The fourth-order valence-corrected chi connectivity index (χ4v) is 2.24. The van der Waals surface area contributed by atoms with Crippen molar-refractivity contribution in [1.29, 1.82) is 0 Å². The van der Waals surface area contributed by atoms with E-state index in [0.717, 1.165) is 12.2 Å². The summed E-state index contributed by atoms with van der Waals surface area (Å²) in [6.07, 6.45) is 0. The lowest BCUT2D eigenvalue weighted by Gasteiger charge is -2.25. The van der Waals surface area contributed by atoms with Crippen LogP contribution in [0.1, 0.15) is 12.5 Å². The van der Waals surface area contributed by atoms with Crippen molar-refractivity contribution in [2.45, 2.75) is 13.5 Å². The van der Waals surface area contributed by atoms with Crippen LogP contribution in [0.25, 0.3) is 0 Å².